The van der Waals surface area contributed by atoms with Crippen LogP contribution in [0.4, 0.5) is 0 Å². The predicted molar refractivity (Wildman–Crippen MR) is 95.8 cm³/mol. The molecular weight excluding hydrogens is 342 g/mol. The van der Waals surface area contributed by atoms with Gasteiger partial charge in [0.15, 0.2) is 0 Å². The van der Waals surface area contributed by atoms with Crippen LogP contribution >= 0.6 is 11.6 Å². The number of aliphatic carboxylic acids is 1. The second-order valence-corrected chi connectivity index (χ2v) is 6.03. The molecule has 2 rings (SSSR count). The number of carboxylic acids is 1. The van der Waals surface area contributed by atoms with Gasteiger partial charge in [-0.15, -0.1) is 0 Å². The minimum absolute atomic E-state index is 0.0487. The lowest BCUT2D eigenvalue weighted by Gasteiger charge is -2.09. The highest BCUT2D eigenvalue weighted by Crippen LogP contribution is 2.17. The molecule has 0 fully saturated rings. The molecule has 25 heavy (non-hydrogen) atoms. The van der Waals surface area contributed by atoms with Gasteiger partial charge in [-0.25, -0.2) is 0 Å². The first-order valence-corrected chi connectivity index (χ1v) is 8.35. The molecule has 2 N–H and O–H groups in total. The molecular formula is C19H20ClNO4. The van der Waals surface area contributed by atoms with Crippen molar-refractivity contribution < 1.29 is 19.4 Å². The van der Waals surface area contributed by atoms with Gasteiger partial charge in [0.05, 0.1) is 6.42 Å². The molecule has 0 heterocycles. The van der Waals surface area contributed by atoms with Gasteiger partial charge in [0.25, 0.3) is 0 Å². The van der Waals surface area contributed by atoms with E-state index in [0.29, 0.717) is 30.3 Å². The molecule has 0 unspecified atom stereocenters. The van der Waals surface area contributed by atoms with E-state index in [1.807, 2.05) is 42.5 Å². The van der Waals surface area contributed by atoms with Crippen molar-refractivity contribution in [3.63, 3.8) is 0 Å². The number of carbonyl (C=O) groups is 2. The molecule has 0 radical (unpaired) electrons. The van der Waals surface area contributed by atoms with E-state index in [2.05, 4.69) is 5.32 Å². The van der Waals surface area contributed by atoms with Gasteiger partial charge in [-0.05, 0) is 41.8 Å². The summed E-state index contributed by atoms with van der Waals surface area (Å²) in [7, 11) is 0. The smallest absolute Gasteiger partial charge is 0.303 e. The van der Waals surface area contributed by atoms with Crippen LogP contribution in [0.15, 0.2) is 48.5 Å². The molecule has 0 spiro atoms. The van der Waals surface area contributed by atoms with Gasteiger partial charge >= 0.3 is 5.97 Å². The lowest BCUT2D eigenvalue weighted by Crippen LogP contribution is -2.26. The van der Waals surface area contributed by atoms with Gasteiger partial charge in [-0.1, -0.05) is 35.9 Å². The maximum Gasteiger partial charge on any atom is 0.303 e. The zero-order chi connectivity index (χ0) is 18.1. The Morgan fingerprint density at radius 3 is 2.60 bits per heavy atom. The molecule has 1 amide bonds. The van der Waals surface area contributed by atoms with Gasteiger partial charge in [0.2, 0.25) is 5.91 Å². The Morgan fingerprint density at radius 2 is 1.84 bits per heavy atom. The third-order valence-corrected chi connectivity index (χ3v) is 3.68. The molecule has 0 aliphatic rings. The van der Waals surface area contributed by atoms with Crippen LogP contribution < -0.4 is 10.1 Å². The Bertz CT molecular complexity index is 733. The summed E-state index contributed by atoms with van der Waals surface area (Å²) in [5.74, 6) is -0.327. The molecule has 0 saturated heterocycles. The first kappa shape index (κ1) is 18.8. The molecule has 0 bridgehead atoms. The zero-order valence-electron chi connectivity index (χ0n) is 13.7. The minimum atomic E-state index is -0.862. The molecule has 5 nitrogen and oxygen atoms in total. The van der Waals surface area contributed by atoms with Crippen LogP contribution in [0.5, 0.6) is 5.75 Å². The number of nitrogens with one attached hydrogen (secondary N) is 1. The summed E-state index contributed by atoms with van der Waals surface area (Å²) in [6, 6.07) is 14.8. The topological polar surface area (TPSA) is 75.6 Å². The Labute approximate surface area is 151 Å². The van der Waals surface area contributed by atoms with Crippen molar-refractivity contribution >= 4 is 23.5 Å². The lowest BCUT2D eigenvalue weighted by molar-refractivity contribution is -0.137. The largest absolute Gasteiger partial charge is 0.489 e. The second kappa shape index (κ2) is 9.69. The maximum absolute atomic E-state index is 11.9. The van der Waals surface area contributed by atoms with E-state index in [1.54, 1.807) is 6.07 Å². The molecule has 0 aromatic heterocycles. The highest BCUT2D eigenvalue weighted by molar-refractivity contribution is 6.30. The van der Waals surface area contributed by atoms with E-state index >= 15 is 0 Å². The van der Waals surface area contributed by atoms with Crippen molar-refractivity contribution in [2.45, 2.75) is 25.9 Å². The average Bonchev–Trinajstić information content (AvgIpc) is 2.57. The first-order chi connectivity index (χ1) is 12.0. The van der Waals surface area contributed by atoms with Crippen LogP contribution in [0, 0.1) is 0 Å². The van der Waals surface area contributed by atoms with E-state index in [0.717, 1.165) is 11.1 Å². The number of ether oxygens (including phenoxy) is 1. The fraction of sp³-hybridized carbons (Fsp3) is 0.263. The number of halogens is 1. The normalized spacial score (nSPS) is 10.3. The molecule has 132 valence electrons. The number of carbonyl (C=O) groups excluding carboxylic acids is 1. The maximum atomic E-state index is 11.9. The number of rotatable bonds is 9. The van der Waals surface area contributed by atoms with Crippen LogP contribution in [-0.4, -0.2) is 23.5 Å². The van der Waals surface area contributed by atoms with Crippen LogP contribution in [0.2, 0.25) is 5.02 Å². The highest BCUT2D eigenvalue weighted by Gasteiger charge is 2.05. The second-order valence-electron chi connectivity index (χ2n) is 5.59. The average molecular weight is 362 g/mol. The highest BCUT2D eigenvalue weighted by atomic mass is 35.5. The molecule has 2 aromatic rings. The summed E-state index contributed by atoms with van der Waals surface area (Å²) in [5, 5.41) is 11.9. The minimum Gasteiger partial charge on any atom is -0.489 e. The monoisotopic (exact) mass is 361 g/mol. The van der Waals surface area contributed by atoms with Crippen LogP contribution in [0.25, 0.3) is 0 Å². The summed E-state index contributed by atoms with van der Waals surface area (Å²) in [4.78, 5) is 22.3. The predicted octanol–water partition coefficient (Wildman–Crippen LogP) is 3.44. The van der Waals surface area contributed by atoms with E-state index in [4.69, 9.17) is 21.4 Å². The SMILES string of the molecule is O=C(O)CCCNC(=O)Cc1cccc(OCc2cccc(Cl)c2)c1. The molecule has 0 aliphatic carbocycles. The van der Waals surface area contributed by atoms with Crippen molar-refractivity contribution in [2.75, 3.05) is 6.54 Å². The van der Waals surface area contributed by atoms with E-state index < -0.39 is 5.97 Å². The van der Waals surface area contributed by atoms with Crippen molar-refractivity contribution in [1.29, 1.82) is 0 Å². The van der Waals surface area contributed by atoms with Crippen LogP contribution in [-0.2, 0) is 22.6 Å². The van der Waals surface area contributed by atoms with Gasteiger partial charge in [-0.3, -0.25) is 9.59 Å². The Balaban J connectivity index is 1.81. The van der Waals surface area contributed by atoms with Crippen molar-refractivity contribution in [1.82, 2.24) is 5.32 Å². The van der Waals surface area contributed by atoms with Gasteiger partial charge < -0.3 is 15.2 Å². The standard InChI is InChI=1S/C19H20ClNO4/c20-16-6-1-5-15(10-16)13-25-17-7-2-4-14(11-17)12-18(22)21-9-3-8-19(23)24/h1-2,4-7,10-11H,3,8-9,12-13H2,(H,21,22)(H,23,24). The molecule has 2 aromatic carbocycles. The van der Waals surface area contributed by atoms with E-state index in [9.17, 15) is 9.59 Å². The van der Waals surface area contributed by atoms with Gasteiger partial charge in [0, 0.05) is 18.0 Å². The van der Waals surface area contributed by atoms with Crippen molar-refractivity contribution in [2.24, 2.45) is 0 Å². The van der Waals surface area contributed by atoms with Gasteiger partial charge in [0.1, 0.15) is 12.4 Å². The summed E-state index contributed by atoms with van der Waals surface area (Å²) >= 11 is 5.95. The van der Waals surface area contributed by atoms with Crippen LogP contribution in [0.3, 0.4) is 0 Å². The third-order valence-electron chi connectivity index (χ3n) is 3.45. The van der Waals surface area contributed by atoms with Gasteiger partial charge in [-0.2, -0.15) is 0 Å². The Hall–Kier alpha value is -2.53. The number of hydrogen-bond acceptors (Lipinski definition) is 3. The van der Waals surface area contributed by atoms with E-state index in [1.165, 1.54) is 0 Å². The van der Waals surface area contributed by atoms with E-state index in [-0.39, 0.29) is 18.7 Å². The quantitative estimate of drug-likeness (QED) is 0.671. The lowest BCUT2D eigenvalue weighted by atomic mass is 10.1. The summed E-state index contributed by atoms with van der Waals surface area (Å²) in [6.07, 6.45) is 0.693. The number of carboxylic acid groups (broad SMARTS) is 1. The number of hydrogen-bond donors (Lipinski definition) is 2. The number of benzene rings is 2. The van der Waals surface area contributed by atoms with Crippen molar-refractivity contribution in [3.8, 4) is 5.75 Å². The summed E-state index contributed by atoms with van der Waals surface area (Å²) in [5.41, 5.74) is 1.80. The third kappa shape index (κ3) is 7.27. The molecule has 0 saturated carbocycles. The fourth-order valence-electron chi connectivity index (χ4n) is 2.25. The summed E-state index contributed by atoms with van der Waals surface area (Å²) in [6.45, 7) is 0.751. The molecule has 0 atom stereocenters. The molecule has 6 heteroatoms. The van der Waals surface area contributed by atoms with Crippen LogP contribution in [0.1, 0.15) is 24.0 Å². The Kier molecular flexibility index (Phi) is 7.29. The number of amides is 1. The first-order valence-electron chi connectivity index (χ1n) is 7.97. The zero-order valence-corrected chi connectivity index (χ0v) is 14.5. The fourth-order valence-corrected chi connectivity index (χ4v) is 2.47. The van der Waals surface area contributed by atoms with Crippen molar-refractivity contribution in [3.05, 3.63) is 64.7 Å². The molecule has 0 aliphatic heterocycles. The Morgan fingerprint density at radius 1 is 1.08 bits per heavy atom. The summed E-state index contributed by atoms with van der Waals surface area (Å²) < 4.78 is 5.74.